The first-order chi connectivity index (χ1) is 8.94. The molecule has 0 aromatic carbocycles. The first-order valence-electron chi connectivity index (χ1n) is 6.20. The van der Waals surface area contributed by atoms with Gasteiger partial charge in [0.1, 0.15) is 5.82 Å². The van der Waals surface area contributed by atoms with Gasteiger partial charge in [-0.05, 0) is 25.8 Å². The third kappa shape index (κ3) is 2.93. The highest BCUT2D eigenvalue weighted by atomic mass is 32.2. The first-order valence-corrected chi connectivity index (χ1v) is 7.81. The smallest absolute Gasteiger partial charge is 0.214 e. The molecule has 1 aromatic rings. The Morgan fingerprint density at radius 3 is 2.74 bits per heavy atom. The molecule has 1 aliphatic rings. The van der Waals surface area contributed by atoms with E-state index in [9.17, 15) is 8.42 Å². The standard InChI is InChI=1S/C12H18N4O2S/c1-3-19(17,18)16-6-4-10(5-7-16)11-8-14-12(13)9(2)15-11/h4,8H,3,5-7H2,1-2H3,(H2,13,14). The summed E-state index contributed by atoms with van der Waals surface area (Å²) in [6, 6.07) is 0. The highest BCUT2D eigenvalue weighted by molar-refractivity contribution is 7.89. The summed E-state index contributed by atoms with van der Waals surface area (Å²) in [5.74, 6) is 0.562. The Balaban J connectivity index is 2.19. The van der Waals surface area contributed by atoms with E-state index in [1.165, 1.54) is 4.31 Å². The molecule has 0 fully saturated rings. The number of nitrogens with two attached hydrogens (primary N) is 1. The van der Waals surface area contributed by atoms with E-state index < -0.39 is 10.0 Å². The van der Waals surface area contributed by atoms with Crippen LogP contribution in [-0.2, 0) is 10.0 Å². The number of hydrogen-bond acceptors (Lipinski definition) is 5. The van der Waals surface area contributed by atoms with Crippen LogP contribution in [-0.4, -0.2) is 41.5 Å². The molecule has 2 N–H and O–H groups in total. The zero-order valence-corrected chi connectivity index (χ0v) is 11.9. The monoisotopic (exact) mass is 282 g/mol. The fourth-order valence-corrected chi connectivity index (χ4v) is 3.00. The predicted octanol–water partition coefficient (Wildman–Crippen LogP) is 0.806. The lowest BCUT2D eigenvalue weighted by atomic mass is 10.1. The maximum absolute atomic E-state index is 11.7. The van der Waals surface area contributed by atoms with Gasteiger partial charge in [0.05, 0.1) is 23.3 Å². The molecule has 0 saturated carbocycles. The Hall–Kier alpha value is -1.47. The third-order valence-corrected chi connectivity index (χ3v) is 5.09. The van der Waals surface area contributed by atoms with Crippen molar-refractivity contribution in [3.63, 3.8) is 0 Å². The molecule has 0 bridgehead atoms. The number of anilines is 1. The second-order valence-electron chi connectivity index (χ2n) is 4.46. The Bertz CT molecular complexity index is 610. The number of nitrogen functional groups attached to an aromatic ring is 1. The molecule has 0 amide bonds. The summed E-state index contributed by atoms with van der Waals surface area (Å²) < 4.78 is 25.0. The van der Waals surface area contributed by atoms with E-state index in [2.05, 4.69) is 9.97 Å². The summed E-state index contributed by atoms with van der Waals surface area (Å²) in [4.78, 5) is 8.46. The molecular formula is C12H18N4O2S. The molecule has 0 spiro atoms. The van der Waals surface area contributed by atoms with Crippen molar-refractivity contribution >= 4 is 21.4 Å². The minimum Gasteiger partial charge on any atom is -0.382 e. The van der Waals surface area contributed by atoms with Crippen LogP contribution in [0.2, 0.25) is 0 Å². The first kappa shape index (κ1) is 14.0. The summed E-state index contributed by atoms with van der Waals surface area (Å²) in [5, 5.41) is 0. The van der Waals surface area contributed by atoms with Crippen LogP contribution >= 0.6 is 0 Å². The van der Waals surface area contributed by atoms with Gasteiger partial charge in [-0.2, -0.15) is 4.31 Å². The average Bonchev–Trinajstić information content (AvgIpc) is 2.42. The summed E-state index contributed by atoms with van der Waals surface area (Å²) in [5.41, 5.74) is 8.14. The molecule has 0 saturated heterocycles. The van der Waals surface area contributed by atoms with Crippen molar-refractivity contribution in [2.75, 3.05) is 24.6 Å². The highest BCUT2D eigenvalue weighted by Crippen LogP contribution is 2.22. The van der Waals surface area contributed by atoms with Crippen LogP contribution in [0.15, 0.2) is 12.3 Å². The summed E-state index contributed by atoms with van der Waals surface area (Å²) >= 11 is 0. The van der Waals surface area contributed by atoms with Crippen LogP contribution in [0.5, 0.6) is 0 Å². The molecule has 0 atom stereocenters. The number of aromatic nitrogens is 2. The van der Waals surface area contributed by atoms with Crippen LogP contribution in [0.25, 0.3) is 5.57 Å². The maximum atomic E-state index is 11.7. The Kier molecular flexibility index (Phi) is 3.86. The lowest BCUT2D eigenvalue weighted by Gasteiger charge is -2.25. The molecule has 6 nitrogen and oxygen atoms in total. The van der Waals surface area contributed by atoms with E-state index in [0.29, 0.717) is 31.0 Å². The number of sulfonamides is 1. The van der Waals surface area contributed by atoms with E-state index >= 15 is 0 Å². The lowest BCUT2D eigenvalue weighted by Crippen LogP contribution is -2.35. The van der Waals surface area contributed by atoms with Crippen LogP contribution in [0.3, 0.4) is 0 Å². The van der Waals surface area contributed by atoms with Crippen LogP contribution in [0.4, 0.5) is 5.82 Å². The van der Waals surface area contributed by atoms with Gasteiger partial charge in [0.15, 0.2) is 0 Å². The normalized spacial score (nSPS) is 17.3. The Morgan fingerprint density at radius 1 is 1.47 bits per heavy atom. The zero-order valence-electron chi connectivity index (χ0n) is 11.1. The SMILES string of the molecule is CCS(=O)(=O)N1CC=C(c2cnc(N)c(C)n2)CC1. The number of rotatable bonds is 3. The van der Waals surface area contributed by atoms with Crippen LogP contribution in [0, 0.1) is 6.92 Å². The molecule has 19 heavy (non-hydrogen) atoms. The molecule has 7 heteroatoms. The van der Waals surface area contributed by atoms with E-state index in [-0.39, 0.29) is 5.75 Å². The van der Waals surface area contributed by atoms with E-state index in [4.69, 9.17) is 5.73 Å². The molecule has 0 aliphatic carbocycles. The summed E-state index contributed by atoms with van der Waals surface area (Å²) in [6.45, 7) is 4.36. The van der Waals surface area contributed by atoms with Gasteiger partial charge < -0.3 is 5.73 Å². The second-order valence-corrected chi connectivity index (χ2v) is 6.72. The summed E-state index contributed by atoms with van der Waals surface area (Å²) in [6.07, 6.45) is 4.19. The highest BCUT2D eigenvalue weighted by Gasteiger charge is 2.23. The molecule has 2 heterocycles. The Morgan fingerprint density at radius 2 is 2.21 bits per heavy atom. The van der Waals surface area contributed by atoms with Crippen molar-refractivity contribution in [2.24, 2.45) is 0 Å². The molecule has 0 radical (unpaired) electrons. The fourth-order valence-electron chi connectivity index (χ4n) is 1.96. The second kappa shape index (κ2) is 5.26. The van der Waals surface area contributed by atoms with E-state index in [1.807, 2.05) is 13.0 Å². The Labute approximate surface area is 113 Å². The molecule has 1 aliphatic heterocycles. The fraction of sp³-hybridized carbons (Fsp3) is 0.500. The van der Waals surface area contributed by atoms with Crippen LogP contribution < -0.4 is 5.73 Å². The van der Waals surface area contributed by atoms with Gasteiger partial charge in [0.2, 0.25) is 10.0 Å². The van der Waals surface area contributed by atoms with Gasteiger partial charge >= 0.3 is 0 Å². The van der Waals surface area contributed by atoms with Gasteiger partial charge in [0, 0.05) is 13.1 Å². The lowest BCUT2D eigenvalue weighted by molar-refractivity contribution is 0.442. The summed E-state index contributed by atoms with van der Waals surface area (Å²) in [7, 11) is -3.11. The molecule has 2 rings (SSSR count). The van der Waals surface area contributed by atoms with Gasteiger partial charge in [-0.3, -0.25) is 0 Å². The van der Waals surface area contributed by atoms with Crippen molar-refractivity contribution in [3.8, 4) is 0 Å². The maximum Gasteiger partial charge on any atom is 0.214 e. The van der Waals surface area contributed by atoms with Crippen molar-refractivity contribution in [1.29, 1.82) is 0 Å². The van der Waals surface area contributed by atoms with Crippen molar-refractivity contribution in [3.05, 3.63) is 23.7 Å². The topological polar surface area (TPSA) is 89.2 Å². The largest absolute Gasteiger partial charge is 0.382 e. The zero-order chi connectivity index (χ0) is 14.0. The minimum atomic E-state index is -3.11. The third-order valence-electron chi connectivity index (χ3n) is 3.24. The van der Waals surface area contributed by atoms with Gasteiger partial charge in [0.25, 0.3) is 0 Å². The number of hydrogen-bond donors (Lipinski definition) is 1. The van der Waals surface area contributed by atoms with E-state index in [1.54, 1.807) is 13.1 Å². The van der Waals surface area contributed by atoms with Gasteiger partial charge in [-0.15, -0.1) is 0 Å². The molecule has 0 unspecified atom stereocenters. The number of nitrogens with zero attached hydrogens (tertiary/aromatic N) is 3. The van der Waals surface area contributed by atoms with Crippen molar-refractivity contribution in [1.82, 2.24) is 14.3 Å². The quantitative estimate of drug-likeness (QED) is 0.886. The van der Waals surface area contributed by atoms with Crippen LogP contribution in [0.1, 0.15) is 24.7 Å². The van der Waals surface area contributed by atoms with Crippen molar-refractivity contribution in [2.45, 2.75) is 20.3 Å². The van der Waals surface area contributed by atoms with Crippen molar-refractivity contribution < 1.29 is 8.42 Å². The average molecular weight is 282 g/mol. The van der Waals surface area contributed by atoms with E-state index in [0.717, 1.165) is 11.3 Å². The molecular weight excluding hydrogens is 264 g/mol. The number of aryl methyl sites for hydroxylation is 1. The minimum absolute atomic E-state index is 0.136. The predicted molar refractivity (Wildman–Crippen MR) is 74.8 cm³/mol. The molecule has 104 valence electrons. The molecule has 1 aromatic heterocycles. The van der Waals surface area contributed by atoms with Gasteiger partial charge in [-0.25, -0.2) is 18.4 Å². The van der Waals surface area contributed by atoms with Gasteiger partial charge in [-0.1, -0.05) is 6.08 Å².